The van der Waals surface area contributed by atoms with Crippen LogP contribution < -0.4 is 14.2 Å². The fourth-order valence-corrected chi connectivity index (χ4v) is 3.58. The van der Waals surface area contributed by atoms with Crippen molar-refractivity contribution < 1.29 is 84.8 Å². The van der Waals surface area contributed by atoms with E-state index in [9.17, 15) is 14.4 Å². The van der Waals surface area contributed by atoms with Crippen molar-refractivity contribution in [3.05, 3.63) is 84.7 Å². The van der Waals surface area contributed by atoms with Crippen LogP contribution >= 0.6 is 69.6 Å². The molecule has 0 radical (unpaired) electrons. The van der Waals surface area contributed by atoms with E-state index in [1.807, 2.05) is 0 Å². The fourth-order valence-electron chi connectivity index (χ4n) is 2.20. The van der Waals surface area contributed by atoms with Crippen molar-refractivity contribution >= 4 is 87.5 Å². The van der Waals surface area contributed by atoms with Crippen molar-refractivity contribution in [2.45, 2.75) is 0 Å². The van der Waals surface area contributed by atoms with Gasteiger partial charge in [0.2, 0.25) is 0 Å². The average molecular weight is 807 g/mol. The van der Waals surface area contributed by atoms with Crippen LogP contribution in [-0.2, 0) is 14.4 Å². The molecule has 0 heterocycles. The van der Waals surface area contributed by atoms with Gasteiger partial charge in [0.05, 0.1) is 15.1 Å². The summed E-state index contributed by atoms with van der Waals surface area (Å²) in [6.45, 7) is -1.25. The van der Waals surface area contributed by atoms with Crippen molar-refractivity contribution in [1.82, 2.24) is 0 Å². The van der Waals surface area contributed by atoms with E-state index in [1.54, 1.807) is 18.2 Å². The molecule has 3 aromatic carbocycles. The molecule has 16 heteroatoms. The first-order valence-electron chi connectivity index (χ1n) is 10.2. The smallest absolute Gasteiger partial charge is 0.341 e. The average Bonchev–Trinajstić information content (AvgIpc) is 2.83. The standard InChI is InChI=1S/3C8H6Cl2O3.Nd/c3*9-5-1-2-7(6(10)3-5)13-4-8(11)12;/h3*1-3H,4H2,(H,11,12);. The van der Waals surface area contributed by atoms with Crippen molar-refractivity contribution in [2.24, 2.45) is 0 Å². The van der Waals surface area contributed by atoms with E-state index >= 15 is 0 Å². The number of benzene rings is 3. The second-order valence-electron chi connectivity index (χ2n) is 6.77. The van der Waals surface area contributed by atoms with Gasteiger partial charge in [0.15, 0.2) is 19.8 Å². The van der Waals surface area contributed by atoms with Gasteiger partial charge < -0.3 is 29.5 Å². The van der Waals surface area contributed by atoms with Gasteiger partial charge in [-0.2, -0.15) is 0 Å². The molecule has 0 saturated heterocycles. The Bertz CT molecular complexity index is 1140. The maximum atomic E-state index is 10.2. The van der Waals surface area contributed by atoms with Crippen LogP contribution in [0.1, 0.15) is 0 Å². The number of ether oxygens (including phenoxy) is 3. The summed E-state index contributed by atoms with van der Waals surface area (Å²) in [6.07, 6.45) is 0. The number of aliphatic carboxylic acids is 3. The van der Waals surface area contributed by atoms with Crippen LogP contribution in [0.3, 0.4) is 0 Å². The molecular formula is C24H18Cl6NdO9. The zero-order valence-corrected chi connectivity index (χ0v) is 27.6. The van der Waals surface area contributed by atoms with Crippen molar-refractivity contribution in [1.29, 1.82) is 0 Å². The van der Waals surface area contributed by atoms with E-state index in [4.69, 9.17) is 99.1 Å². The molecule has 3 aromatic rings. The predicted molar refractivity (Wildman–Crippen MR) is 149 cm³/mol. The molecule has 0 amide bonds. The topological polar surface area (TPSA) is 140 Å². The maximum Gasteiger partial charge on any atom is 0.341 e. The molecule has 0 unspecified atom stereocenters. The van der Waals surface area contributed by atoms with Gasteiger partial charge in [-0.3, -0.25) is 0 Å². The Morgan fingerprint density at radius 3 is 0.900 bits per heavy atom. The van der Waals surface area contributed by atoms with E-state index < -0.39 is 37.7 Å². The minimum atomic E-state index is -1.05. The Morgan fingerprint density at radius 2 is 0.725 bits per heavy atom. The first kappa shape index (κ1) is 38.6. The van der Waals surface area contributed by atoms with E-state index in [-0.39, 0.29) is 40.8 Å². The second-order valence-corrected chi connectivity index (χ2v) is 9.30. The zero-order valence-electron chi connectivity index (χ0n) is 19.9. The predicted octanol–water partition coefficient (Wildman–Crippen LogP) is 7.37. The first-order chi connectivity index (χ1) is 18.3. The third-order valence-electron chi connectivity index (χ3n) is 3.74. The number of carbonyl (C=O) groups is 3. The third-order valence-corrected chi connectivity index (χ3v) is 5.33. The Kier molecular flexibility index (Phi) is 19.7. The number of halogens is 6. The van der Waals surface area contributed by atoms with Gasteiger partial charge in [-0.15, -0.1) is 0 Å². The van der Waals surface area contributed by atoms with Gasteiger partial charge in [-0.05, 0) is 54.6 Å². The summed E-state index contributed by atoms with van der Waals surface area (Å²) in [5, 5.41) is 27.3. The van der Waals surface area contributed by atoms with Crippen LogP contribution in [0, 0.1) is 40.8 Å². The fraction of sp³-hybridized carbons (Fsp3) is 0.125. The molecule has 0 aliphatic rings. The first-order valence-corrected chi connectivity index (χ1v) is 12.4. The van der Waals surface area contributed by atoms with Crippen LogP contribution in [0.4, 0.5) is 0 Å². The quantitative estimate of drug-likeness (QED) is 0.202. The normalized spacial score (nSPS) is 9.45. The second kappa shape index (κ2) is 20.4. The molecule has 0 fully saturated rings. The van der Waals surface area contributed by atoms with Gasteiger partial charge >= 0.3 is 17.9 Å². The van der Waals surface area contributed by atoms with Crippen LogP contribution in [0.5, 0.6) is 17.2 Å². The van der Waals surface area contributed by atoms with Gasteiger partial charge in [0.1, 0.15) is 17.2 Å². The van der Waals surface area contributed by atoms with Gasteiger partial charge in [-0.1, -0.05) is 69.6 Å². The number of rotatable bonds is 9. The van der Waals surface area contributed by atoms with Crippen LogP contribution in [0.2, 0.25) is 30.1 Å². The zero-order chi connectivity index (χ0) is 29.5. The van der Waals surface area contributed by atoms with Crippen LogP contribution in [0.15, 0.2) is 54.6 Å². The summed E-state index contributed by atoms with van der Waals surface area (Å²) in [7, 11) is 0. The molecule has 0 bridgehead atoms. The summed E-state index contributed by atoms with van der Waals surface area (Å²) < 4.78 is 14.6. The number of hydrogen-bond donors (Lipinski definition) is 3. The molecule has 3 rings (SSSR count). The van der Waals surface area contributed by atoms with Gasteiger partial charge in [0.25, 0.3) is 0 Å². The molecule has 40 heavy (non-hydrogen) atoms. The summed E-state index contributed by atoms with van der Waals surface area (Å²) in [4.78, 5) is 30.5. The number of carboxylic acids is 3. The Labute approximate surface area is 291 Å². The molecule has 0 aromatic heterocycles. The van der Waals surface area contributed by atoms with Gasteiger partial charge in [0, 0.05) is 55.9 Å². The van der Waals surface area contributed by atoms with Crippen LogP contribution in [0.25, 0.3) is 0 Å². The van der Waals surface area contributed by atoms with Crippen LogP contribution in [-0.4, -0.2) is 53.0 Å². The summed E-state index contributed by atoms with van der Waals surface area (Å²) in [5.74, 6) is -2.21. The summed E-state index contributed by atoms with van der Waals surface area (Å²) in [6, 6.07) is 13.7. The number of carboxylic acid groups (broad SMARTS) is 3. The molecule has 0 atom stereocenters. The van der Waals surface area contributed by atoms with Crippen molar-refractivity contribution in [3.63, 3.8) is 0 Å². The van der Waals surface area contributed by atoms with Crippen molar-refractivity contribution in [3.8, 4) is 17.2 Å². The minimum absolute atomic E-state index is 0. The van der Waals surface area contributed by atoms with E-state index in [0.29, 0.717) is 47.4 Å². The minimum Gasteiger partial charge on any atom is -0.480 e. The Hall–Kier alpha value is -1.44. The SMILES string of the molecule is O=C(O)COc1ccc(Cl)cc1Cl.O=C(O)COc1ccc(Cl)cc1Cl.O=C(O)COc1ccc(Cl)cc1Cl.[Nd]. The molecular weight excluding hydrogens is 789 g/mol. The third kappa shape index (κ3) is 16.7. The van der Waals surface area contributed by atoms with E-state index in [2.05, 4.69) is 0 Å². The van der Waals surface area contributed by atoms with E-state index in [0.717, 1.165) is 0 Å². The molecule has 0 spiro atoms. The maximum absolute atomic E-state index is 10.2. The molecule has 0 saturated carbocycles. The molecule has 9 nitrogen and oxygen atoms in total. The Balaban J connectivity index is 0.000000563. The van der Waals surface area contributed by atoms with Crippen molar-refractivity contribution in [2.75, 3.05) is 19.8 Å². The summed E-state index contributed by atoms with van der Waals surface area (Å²) >= 11 is 34.0. The molecule has 0 aliphatic heterocycles. The molecule has 214 valence electrons. The number of hydrogen-bond acceptors (Lipinski definition) is 6. The molecule has 0 aliphatic carbocycles. The molecule has 3 N–H and O–H groups in total. The van der Waals surface area contributed by atoms with E-state index in [1.165, 1.54) is 36.4 Å². The summed E-state index contributed by atoms with van der Waals surface area (Å²) in [5.41, 5.74) is 0. The largest absolute Gasteiger partial charge is 0.480 e. The monoisotopic (exact) mass is 802 g/mol. The Morgan fingerprint density at radius 1 is 0.500 bits per heavy atom. The van der Waals surface area contributed by atoms with Gasteiger partial charge in [-0.25, -0.2) is 14.4 Å².